The highest BCUT2D eigenvalue weighted by molar-refractivity contribution is 5.77. The molecule has 1 heterocycles. The lowest BCUT2D eigenvalue weighted by molar-refractivity contribution is 0.177. The molecule has 0 aliphatic carbocycles. The summed E-state index contributed by atoms with van der Waals surface area (Å²) in [6.45, 7) is 3.48. The third-order valence-electron chi connectivity index (χ3n) is 2.25. The molecule has 0 bridgehead atoms. The zero-order valence-electron chi connectivity index (χ0n) is 7.34. The standard InChI is InChI=1S/C7H16N4O/c1-2-7(3-4-12-5-7)10-6(8)11-9/h2-5,9H2,1H3,(H3,8,10,11). The summed E-state index contributed by atoms with van der Waals surface area (Å²) in [7, 11) is 0. The van der Waals surface area contributed by atoms with E-state index in [4.69, 9.17) is 16.3 Å². The number of aliphatic imine (C=N–C) groups is 1. The molecule has 5 N–H and O–H groups in total. The Morgan fingerprint density at radius 3 is 2.92 bits per heavy atom. The molecular weight excluding hydrogens is 156 g/mol. The van der Waals surface area contributed by atoms with Gasteiger partial charge in [0.25, 0.3) is 0 Å². The molecule has 0 amide bonds. The van der Waals surface area contributed by atoms with Crippen molar-refractivity contribution in [3.05, 3.63) is 0 Å². The smallest absolute Gasteiger partial charge is 0.203 e. The van der Waals surface area contributed by atoms with Gasteiger partial charge in [0.15, 0.2) is 0 Å². The van der Waals surface area contributed by atoms with Crippen molar-refractivity contribution in [2.45, 2.75) is 25.3 Å². The lowest BCUT2D eigenvalue weighted by Gasteiger charge is -2.20. The lowest BCUT2D eigenvalue weighted by atomic mass is 9.97. The molecule has 70 valence electrons. The molecule has 1 aliphatic heterocycles. The number of nitrogens with one attached hydrogen (secondary N) is 1. The maximum atomic E-state index is 5.47. The van der Waals surface area contributed by atoms with Gasteiger partial charge in [-0.25, -0.2) is 10.8 Å². The predicted molar refractivity (Wildman–Crippen MR) is 47.4 cm³/mol. The highest BCUT2D eigenvalue weighted by atomic mass is 16.5. The lowest BCUT2D eigenvalue weighted by Crippen LogP contribution is -2.41. The Morgan fingerprint density at radius 2 is 2.50 bits per heavy atom. The minimum Gasteiger partial charge on any atom is -0.379 e. The van der Waals surface area contributed by atoms with E-state index in [1.807, 2.05) is 0 Å². The van der Waals surface area contributed by atoms with Gasteiger partial charge in [0.1, 0.15) is 0 Å². The van der Waals surface area contributed by atoms with Crippen molar-refractivity contribution in [1.82, 2.24) is 5.43 Å². The van der Waals surface area contributed by atoms with Crippen LogP contribution in [-0.2, 0) is 4.74 Å². The van der Waals surface area contributed by atoms with Crippen molar-refractivity contribution in [1.29, 1.82) is 0 Å². The molecule has 1 rings (SSSR count). The third kappa shape index (κ3) is 1.86. The fraction of sp³-hybridized carbons (Fsp3) is 0.857. The van der Waals surface area contributed by atoms with E-state index in [-0.39, 0.29) is 11.5 Å². The fourth-order valence-electron chi connectivity index (χ4n) is 1.33. The van der Waals surface area contributed by atoms with E-state index in [1.165, 1.54) is 0 Å². The van der Waals surface area contributed by atoms with E-state index in [0.717, 1.165) is 19.4 Å². The van der Waals surface area contributed by atoms with E-state index in [2.05, 4.69) is 17.3 Å². The molecule has 12 heavy (non-hydrogen) atoms. The number of hydrazine groups is 1. The van der Waals surface area contributed by atoms with E-state index in [0.29, 0.717) is 6.61 Å². The highest BCUT2D eigenvalue weighted by Crippen LogP contribution is 2.26. The van der Waals surface area contributed by atoms with Crippen LogP contribution >= 0.6 is 0 Å². The SMILES string of the molecule is CCC1(N=C(N)NN)CCOC1. The van der Waals surface area contributed by atoms with Crippen LogP contribution in [0.5, 0.6) is 0 Å². The molecule has 0 aromatic carbocycles. The van der Waals surface area contributed by atoms with Crippen LogP contribution in [0.25, 0.3) is 0 Å². The summed E-state index contributed by atoms with van der Waals surface area (Å²) in [5.74, 6) is 5.40. The Morgan fingerprint density at radius 1 is 1.75 bits per heavy atom. The molecule has 5 heteroatoms. The summed E-state index contributed by atoms with van der Waals surface area (Å²) in [4.78, 5) is 4.28. The third-order valence-corrected chi connectivity index (χ3v) is 2.25. The first kappa shape index (κ1) is 9.28. The molecule has 0 saturated carbocycles. The average molecular weight is 172 g/mol. The van der Waals surface area contributed by atoms with Crippen molar-refractivity contribution in [2.24, 2.45) is 16.6 Å². The Balaban J connectivity index is 2.66. The summed E-state index contributed by atoms with van der Waals surface area (Å²) in [5, 5.41) is 0. The molecular formula is C7H16N4O. The molecule has 0 aromatic heterocycles. The average Bonchev–Trinajstić information content (AvgIpc) is 2.54. The van der Waals surface area contributed by atoms with Gasteiger partial charge >= 0.3 is 0 Å². The fourth-order valence-corrected chi connectivity index (χ4v) is 1.33. The van der Waals surface area contributed by atoms with Gasteiger partial charge in [0.05, 0.1) is 12.1 Å². The second-order valence-corrected chi connectivity index (χ2v) is 3.02. The van der Waals surface area contributed by atoms with Crippen LogP contribution in [-0.4, -0.2) is 24.7 Å². The van der Waals surface area contributed by atoms with E-state index < -0.39 is 0 Å². The summed E-state index contributed by atoms with van der Waals surface area (Å²) in [6.07, 6.45) is 1.85. The number of ether oxygens (including phenoxy) is 1. The first-order valence-corrected chi connectivity index (χ1v) is 4.12. The molecule has 1 aliphatic rings. The van der Waals surface area contributed by atoms with Crippen LogP contribution in [0.1, 0.15) is 19.8 Å². The van der Waals surface area contributed by atoms with Crippen LogP contribution in [0.4, 0.5) is 0 Å². The Kier molecular flexibility index (Phi) is 2.88. The number of nitrogens with two attached hydrogens (primary N) is 2. The van der Waals surface area contributed by atoms with Gasteiger partial charge in [-0.05, 0) is 12.8 Å². The normalized spacial score (nSPS) is 30.7. The molecule has 5 nitrogen and oxygen atoms in total. The molecule has 1 saturated heterocycles. The maximum Gasteiger partial charge on any atom is 0.203 e. The second-order valence-electron chi connectivity index (χ2n) is 3.02. The minimum atomic E-state index is -0.142. The van der Waals surface area contributed by atoms with Crippen molar-refractivity contribution < 1.29 is 4.74 Å². The van der Waals surface area contributed by atoms with Crippen LogP contribution in [0.3, 0.4) is 0 Å². The highest BCUT2D eigenvalue weighted by Gasteiger charge is 2.32. The zero-order chi connectivity index (χ0) is 9.03. The quantitative estimate of drug-likeness (QED) is 0.223. The second kappa shape index (κ2) is 3.73. The van der Waals surface area contributed by atoms with Crippen molar-refractivity contribution in [3.63, 3.8) is 0 Å². The zero-order valence-corrected chi connectivity index (χ0v) is 7.34. The largest absolute Gasteiger partial charge is 0.379 e. The first-order valence-electron chi connectivity index (χ1n) is 4.12. The van der Waals surface area contributed by atoms with E-state index >= 15 is 0 Å². The van der Waals surface area contributed by atoms with Gasteiger partial charge in [-0.1, -0.05) is 6.92 Å². The van der Waals surface area contributed by atoms with Crippen molar-refractivity contribution in [2.75, 3.05) is 13.2 Å². The van der Waals surface area contributed by atoms with E-state index in [1.54, 1.807) is 0 Å². The van der Waals surface area contributed by atoms with Crippen molar-refractivity contribution in [3.8, 4) is 0 Å². The van der Waals surface area contributed by atoms with E-state index in [9.17, 15) is 0 Å². The maximum absolute atomic E-state index is 5.47. The predicted octanol–water partition coefficient (Wildman–Crippen LogP) is -0.666. The van der Waals surface area contributed by atoms with Crippen LogP contribution in [0.15, 0.2) is 4.99 Å². The molecule has 1 atom stereocenters. The minimum absolute atomic E-state index is 0.142. The Labute approximate surface area is 72.1 Å². The molecule has 0 spiro atoms. The molecule has 0 aromatic rings. The van der Waals surface area contributed by atoms with Gasteiger partial charge in [0, 0.05) is 6.61 Å². The molecule has 1 fully saturated rings. The Bertz CT molecular complexity index is 174. The van der Waals surface area contributed by atoms with Crippen molar-refractivity contribution >= 4 is 5.96 Å². The summed E-state index contributed by atoms with van der Waals surface area (Å²) in [5.41, 5.74) is 7.65. The van der Waals surface area contributed by atoms with Gasteiger partial charge < -0.3 is 10.5 Å². The van der Waals surface area contributed by atoms with Gasteiger partial charge in [-0.3, -0.25) is 5.43 Å². The van der Waals surface area contributed by atoms with Gasteiger partial charge in [-0.15, -0.1) is 0 Å². The Hall–Kier alpha value is -0.810. The van der Waals surface area contributed by atoms with Gasteiger partial charge in [-0.2, -0.15) is 0 Å². The number of rotatable bonds is 2. The summed E-state index contributed by atoms with van der Waals surface area (Å²) < 4.78 is 5.27. The van der Waals surface area contributed by atoms with Gasteiger partial charge in [0.2, 0.25) is 5.96 Å². The first-order chi connectivity index (χ1) is 5.72. The molecule has 1 unspecified atom stereocenters. The summed E-state index contributed by atoms with van der Waals surface area (Å²) >= 11 is 0. The van der Waals surface area contributed by atoms with Crippen LogP contribution in [0.2, 0.25) is 0 Å². The number of hydrogen-bond acceptors (Lipinski definition) is 3. The van der Waals surface area contributed by atoms with Crippen LogP contribution in [0, 0.1) is 0 Å². The monoisotopic (exact) mass is 172 g/mol. The number of hydrogen-bond donors (Lipinski definition) is 3. The van der Waals surface area contributed by atoms with Crippen LogP contribution < -0.4 is 17.0 Å². The number of guanidine groups is 1. The molecule has 0 radical (unpaired) electrons. The summed E-state index contributed by atoms with van der Waals surface area (Å²) in [6, 6.07) is 0. The topological polar surface area (TPSA) is 85.7 Å². The number of nitrogens with zero attached hydrogens (tertiary/aromatic N) is 1.